The fourth-order valence-corrected chi connectivity index (χ4v) is 7.90. The zero-order chi connectivity index (χ0) is 33.9. The molecule has 2 aliphatic rings. The van der Waals surface area contributed by atoms with Crippen LogP contribution in [0.15, 0.2) is 118 Å². The molecule has 250 valence electrons. The molecule has 8 rings (SSSR count). The molecule has 0 saturated heterocycles. The zero-order valence-corrected chi connectivity index (χ0v) is 28.4. The van der Waals surface area contributed by atoms with E-state index in [4.69, 9.17) is 28.9 Å². The fraction of sp³-hybridized carbons (Fsp3) is 0.150. The maximum absolute atomic E-state index is 11.0. The molecule has 0 spiro atoms. The Balaban J connectivity index is 1.17. The van der Waals surface area contributed by atoms with Gasteiger partial charge < -0.3 is 29.2 Å². The van der Waals surface area contributed by atoms with Crippen LogP contribution in [0, 0.1) is 0 Å². The van der Waals surface area contributed by atoms with Crippen LogP contribution in [0.4, 0.5) is 0 Å². The summed E-state index contributed by atoms with van der Waals surface area (Å²) in [5, 5.41) is 25.8. The summed E-state index contributed by atoms with van der Waals surface area (Å²) >= 11 is 3.08. The van der Waals surface area contributed by atoms with Gasteiger partial charge >= 0.3 is 0 Å². The van der Waals surface area contributed by atoms with Crippen molar-refractivity contribution in [2.24, 2.45) is 9.98 Å². The van der Waals surface area contributed by atoms with Gasteiger partial charge in [0, 0.05) is 34.3 Å². The largest absolute Gasteiger partial charge is 0.507 e. The van der Waals surface area contributed by atoms with Crippen LogP contribution < -0.4 is 18.9 Å². The van der Waals surface area contributed by atoms with Gasteiger partial charge in [-0.3, -0.25) is 9.98 Å². The van der Waals surface area contributed by atoms with Gasteiger partial charge in [0.1, 0.15) is 50.0 Å². The van der Waals surface area contributed by atoms with E-state index >= 15 is 0 Å². The standard InChI is InChI=1S/C40H32N2O6S2/c43-31-13-11-27(39-37-33(23-49-39)45-15-17-47-37)19-29(31)21-41-35(25-7-3-1-4-8-25)36(26-9-5-2-6-10-26)42-22-30-20-28(12-14-32(30)44)40-38-34(24-50-40)46-16-18-48-38/h1-14,19-24,35-36,43-44H,15-18H2/t35-,36-/m1/s1. The van der Waals surface area contributed by atoms with Crippen molar-refractivity contribution in [3.05, 3.63) is 130 Å². The van der Waals surface area contributed by atoms with Gasteiger partial charge in [0.05, 0.1) is 9.75 Å². The first kappa shape index (κ1) is 31.7. The molecule has 2 aromatic heterocycles. The van der Waals surface area contributed by atoms with Crippen molar-refractivity contribution in [1.82, 2.24) is 0 Å². The number of aromatic hydroxyl groups is 2. The maximum Gasteiger partial charge on any atom is 0.179 e. The summed E-state index contributed by atoms with van der Waals surface area (Å²) in [6, 6.07) is 29.9. The third kappa shape index (κ3) is 6.43. The van der Waals surface area contributed by atoms with Gasteiger partial charge in [0.15, 0.2) is 23.0 Å². The first-order valence-electron chi connectivity index (χ1n) is 16.2. The Hall–Kier alpha value is -5.58. The summed E-state index contributed by atoms with van der Waals surface area (Å²) in [6.45, 7) is 2.03. The minimum atomic E-state index is -0.468. The number of thiophene rings is 2. The molecule has 10 heteroatoms. The minimum absolute atomic E-state index is 0.110. The molecule has 0 radical (unpaired) electrons. The van der Waals surface area contributed by atoms with Crippen molar-refractivity contribution in [3.8, 4) is 55.4 Å². The number of hydrogen-bond acceptors (Lipinski definition) is 10. The van der Waals surface area contributed by atoms with E-state index < -0.39 is 12.1 Å². The molecule has 8 nitrogen and oxygen atoms in total. The summed E-state index contributed by atoms with van der Waals surface area (Å²) in [5.41, 5.74) is 4.82. The lowest BCUT2D eigenvalue weighted by Crippen LogP contribution is -2.14. The predicted molar refractivity (Wildman–Crippen MR) is 198 cm³/mol. The van der Waals surface area contributed by atoms with Crippen molar-refractivity contribution in [2.75, 3.05) is 26.4 Å². The van der Waals surface area contributed by atoms with Crippen LogP contribution in [-0.4, -0.2) is 49.1 Å². The first-order valence-corrected chi connectivity index (χ1v) is 18.0. The molecule has 2 N–H and O–H groups in total. The summed E-state index contributed by atoms with van der Waals surface area (Å²) in [6.07, 6.45) is 3.42. The molecule has 0 fully saturated rings. The number of phenolic OH excluding ortho intramolecular Hbond substituents is 2. The predicted octanol–water partition coefficient (Wildman–Crippen LogP) is 9.12. The molecule has 0 saturated carbocycles. The summed E-state index contributed by atoms with van der Waals surface area (Å²) in [7, 11) is 0. The van der Waals surface area contributed by atoms with Crippen LogP contribution in [0.25, 0.3) is 20.9 Å². The zero-order valence-electron chi connectivity index (χ0n) is 26.8. The van der Waals surface area contributed by atoms with Crippen molar-refractivity contribution < 1.29 is 29.2 Å². The van der Waals surface area contributed by atoms with Gasteiger partial charge in [0.25, 0.3) is 0 Å². The lowest BCUT2D eigenvalue weighted by atomic mass is 9.94. The molecule has 0 unspecified atom stereocenters. The molecule has 0 amide bonds. The first-order chi connectivity index (χ1) is 24.6. The summed E-state index contributed by atoms with van der Waals surface area (Å²) in [4.78, 5) is 12.1. The minimum Gasteiger partial charge on any atom is -0.507 e. The molecule has 0 bridgehead atoms. The highest BCUT2D eigenvalue weighted by Crippen LogP contribution is 2.47. The highest BCUT2D eigenvalue weighted by Gasteiger charge is 2.25. The normalized spacial score (nSPS) is 15.0. The van der Waals surface area contributed by atoms with E-state index in [0.717, 1.165) is 55.0 Å². The number of hydrogen-bond donors (Lipinski definition) is 2. The van der Waals surface area contributed by atoms with Gasteiger partial charge in [-0.15, -0.1) is 22.7 Å². The van der Waals surface area contributed by atoms with E-state index in [-0.39, 0.29) is 11.5 Å². The third-order valence-electron chi connectivity index (χ3n) is 8.51. The molecule has 2 aliphatic heterocycles. The van der Waals surface area contributed by atoms with Crippen LogP contribution in [0.2, 0.25) is 0 Å². The highest BCUT2D eigenvalue weighted by atomic mass is 32.1. The van der Waals surface area contributed by atoms with E-state index in [1.54, 1.807) is 47.2 Å². The van der Waals surface area contributed by atoms with Gasteiger partial charge in [-0.25, -0.2) is 0 Å². The molecule has 4 aromatic carbocycles. The Kier molecular flexibility index (Phi) is 8.94. The molecular formula is C40H32N2O6S2. The van der Waals surface area contributed by atoms with Crippen molar-refractivity contribution >= 4 is 35.1 Å². The van der Waals surface area contributed by atoms with Crippen molar-refractivity contribution in [2.45, 2.75) is 12.1 Å². The SMILES string of the molecule is Oc1ccc(-c2scc3c2OCCO3)cc1C=N[C@H](c1ccccc1)[C@H](N=Cc1cc(-c2scc3c2OCCO3)ccc1O)c1ccccc1. The molecule has 6 aromatic rings. The van der Waals surface area contributed by atoms with E-state index in [1.807, 2.05) is 95.7 Å². The van der Waals surface area contributed by atoms with Gasteiger partial charge in [-0.2, -0.15) is 0 Å². The second kappa shape index (κ2) is 14.1. The summed E-state index contributed by atoms with van der Waals surface area (Å²) in [5.74, 6) is 3.14. The Bertz CT molecular complexity index is 2020. The Morgan fingerprint density at radius 1 is 0.540 bits per heavy atom. The van der Waals surface area contributed by atoms with E-state index in [1.165, 1.54) is 0 Å². The lowest BCUT2D eigenvalue weighted by Gasteiger charge is -2.22. The molecule has 4 heterocycles. The van der Waals surface area contributed by atoms with Crippen molar-refractivity contribution in [3.63, 3.8) is 0 Å². The maximum atomic E-state index is 11.0. The number of phenols is 2. The Labute approximate surface area is 297 Å². The second-order valence-electron chi connectivity index (χ2n) is 11.7. The number of fused-ring (bicyclic) bond motifs is 2. The monoisotopic (exact) mass is 700 g/mol. The number of benzene rings is 4. The van der Waals surface area contributed by atoms with Crippen LogP contribution >= 0.6 is 22.7 Å². The fourth-order valence-electron chi connectivity index (χ4n) is 6.04. The number of nitrogens with zero attached hydrogens (tertiary/aromatic N) is 2. The lowest BCUT2D eigenvalue weighted by molar-refractivity contribution is 0.174. The Morgan fingerprint density at radius 2 is 0.960 bits per heavy atom. The van der Waals surface area contributed by atoms with Gasteiger partial charge in [-0.1, -0.05) is 60.7 Å². The van der Waals surface area contributed by atoms with Crippen LogP contribution in [0.3, 0.4) is 0 Å². The number of rotatable bonds is 9. The number of aliphatic imine (C=N–C) groups is 2. The van der Waals surface area contributed by atoms with E-state index in [9.17, 15) is 10.2 Å². The van der Waals surface area contributed by atoms with Crippen molar-refractivity contribution in [1.29, 1.82) is 0 Å². The average Bonchev–Trinajstić information content (AvgIpc) is 3.80. The van der Waals surface area contributed by atoms with Crippen LogP contribution in [-0.2, 0) is 0 Å². The smallest absolute Gasteiger partial charge is 0.179 e. The highest BCUT2D eigenvalue weighted by molar-refractivity contribution is 7.14. The van der Waals surface area contributed by atoms with E-state index in [2.05, 4.69) is 0 Å². The molecular weight excluding hydrogens is 669 g/mol. The third-order valence-corrected chi connectivity index (χ3v) is 10.5. The Morgan fingerprint density at radius 3 is 1.40 bits per heavy atom. The average molecular weight is 701 g/mol. The van der Waals surface area contributed by atoms with E-state index in [0.29, 0.717) is 37.6 Å². The van der Waals surface area contributed by atoms with Gasteiger partial charge in [-0.05, 0) is 58.7 Å². The van der Waals surface area contributed by atoms with Gasteiger partial charge in [0.2, 0.25) is 0 Å². The van der Waals surface area contributed by atoms with Crippen LogP contribution in [0.5, 0.6) is 34.5 Å². The summed E-state index contributed by atoms with van der Waals surface area (Å²) < 4.78 is 23.4. The van der Waals surface area contributed by atoms with Crippen LogP contribution in [0.1, 0.15) is 34.3 Å². The number of ether oxygens (including phenoxy) is 4. The second-order valence-corrected chi connectivity index (χ2v) is 13.5. The molecule has 0 aliphatic carbocycles. The quantitative estimate of drug-likeness (QED) is 0.146. The molecule has 50 heavy (non-hydrogen) atoms. The molecule has 2 atom stereocenters. The topological polar surface area (TPSA) is 102 Å².